The number of nitro groups is 1. The zero-order valence-electron chi connectivity index (χ0n) is 17.4. The number of anilines is 2. The summed E-state index contributed by atoms with van der Waals surface area (Å²) < 4.78 is 45.3. The van der Waals surface area contributed by atoms with Gasteiger partial charge in [-0.15, -0.1) is 0 Å². The first-order chi connectivity index (χ1) is 15.6. The molecule has 0 radical (unpaired) electrons. The normalized spacial score (nSPS) is 15.5. The van der Waals surface area contributed by atoms with E-state index in [0.29, 0.717) is 49.1 Å². The third-order valence-electron chi connectivity index (χ3n) is 5.36. The van der Waals surface area contributed by atoms with Gasteiger partial charge in [-0.3, -0.25) is 10.1 Å². The van der Waals surface area contributed by atoms with Crippen molar-refractivity contribution in [3.8, 4) is 0 Å². The average Bonchev–Trinajstić information content (AvgIpc) is 2.78. The number of non-ortho nitro benzene ring substituents is 1. The smallest absolute Gasteiger partial charge is 0.378 e. The Labute approximate surface area is 191 Å². The van der Waals surface area contributed by atoms with Crippen molar-refractivity contribution in [3.63, 3.8) is 0 Å². The molecule has 1 aromatic heterocycles. The molecule has 33 heavy (non-hydrogen) atoms. The Morgan fingerprint density at radius 1 is 1.18 bits per heavy atom. The molecule has 2 aromatic carbocycles. The fraction of sp³-hybridized carbons (Fsp3) is 0.333. The SMILES string of the molecule is C[C@@H](Nc1nc(Cl)nc2ccc(N3CCOCC3)cc12)c1cc([N+](=O)[O-])cc(C(F)(F)F)c1. The Hall–Kier alpha value is -3.18. The number of hydrogen-bond acceptors (Lipinski definition) is 7. The van der Waals surface area contributed by atoms with Gasteiger partial charge >= 0.3 is 6.18 Å². The summed E-state index contributed by atoms with van der Waals surface area (Å²) in [5, 5.41) is 14.8. The summed E-state index contributed by atoms with van der Waals surface area (Å²) in [6, 6.07) is 7.33. The number of nitrogens with zero attached hydrogens (tertiary/aromatic N) is 4. The van der Waals surface area contributed by atoms with Gasteiger partial charge in [0.05, 0.1) is 35.3 Å². The molecule has 1 aliphatic heterocycles. The molecule has 8 nitrogen and oxygen atoms in total. The number of halogens is 4. The molecule has 12 heteroatoms. The van der Waals surface area contributed by atoms with Gasteiger partial charge in [-0.1, -0.05) is 0 Å². The Bertz CT molecular complexity index is 1200. The fourth-order valence-electron chi connectivity index (χ4n) is 3.66. The van der Waals surface area contributed by atoms with E-state index in [-0.39, 0.29) is 10.8 Å². The molecule has 1 N–H and O–H groups in total. The summed E-state index contributed by atoms with van der Waals surface area (Å²) >= 11 is 6.07. The molecule has 3 aromatic rings. The van der Waals surface area contributed by atoms with Crippen LogP contribution in [0.15, 0.2) is 36.4 Å². The summed E-state index contributed by atoms with van der Waals surface area (Å²) in [4.78, 5) is 20.9. The van der Waals surface area contributed by atoms with Crippen molar-refractivity contribution < 1.29 is 22.8 Å². The van der Waals surface area contributed by atoms with Crippen LogP contribution >= 0.6 is 11.6 Å². The molecular formula is C21H19ClF3N5O3. The van der Waals surface area contributed by atoms with Crippen LogP contribution in [-0.2, 0) is 10.9 Å². The van der Waals surface area contributed by atoms with Gasteiger partial charge < -0.3 is 15.0 Å². The van der Waals surface area contributed by atoms with Gasteiger partial charge in [0.2, 0.25) is 5.28 Å². The lowest BCUT2D eigenvalue weighted by Crippen LogP contribution is -2.36. The zero-order valence-corrected chi connectivity index (χ0v) is 18.2. The number of morpholine rings is 1. The van der Waals surface area contributed by atoms with E-state index in [9.17, 15) is 23.3 Å². The number of rotatable bonds is 5. The van der Waals surface area contributed by atoms with E-state index >= 15 is 0 Å². The van der Waals surface area contributed by atoms with E-state index < -0.39 is 28.4 Å². The maximum absolute atomic E-state index is 13.3. The molecule has 1 fully saturated rings. The number of ether oxygens (including phenoxy) is 1. The number of nitrogens with one attached hydrogen (secondary N) is 1. The molecule has 0 saturated carbocycles. The molecule has 1 aliphatic rings. The second-order valence-electron chi connectivity index (χ2n) is 7.58. The molecule has 174 valence electrons. The van der Waals surface area contributed by atoms with Crippen molar-refractivity contribution >= 4 is 39.7 Å². The number of nitro benzene ring substituents is 1. The molecular weight excluding hydrogens is 463 g/mol. The van der Waals surface area contributed by atoms with Gasteiger partial charge in [0.1, 0.15) is 5.82 Å². The Morgan fingerprint density at radius 3 is 2.58 bits per heavy atom. The van der Waals surface area contributed by atoms with Crippen molar-refractivity contribution in [2.45, 2.75) is 19.1 Å². The van der Waals surface area contributed by atoms with Gasteiger partial charge in [-0.25, -0.2) is 9.97 Å². The maximum atomic E-state index is 13.3. The van der Waals surface area contributed by atoms with Crippen LogP contribution in [0.25, 0.3) is 10.9 Å². The Kier molecular flexibility index (Phi) is 6.26. The Balaban J connectivity index is 1.72. The van der Waals surface area contributed by atoms with E-state index in [4.69, 9.17) is 16.3 Å². The second kappa shape index (κ2) is 8.99. The highest BCUT2D eigenvalue weighted by Crippen LogP contribution is 2.35. The zero-order chi connectivity index (χ0) is 23.8. The highest BCUT2D eigenvalue weighted by atomic mass is 35.5. The van der Waals surface area contributed by atoms with Crippen LogP contribution in [-0.4, -0.2) is 41.2 Å². The van der Waals surface area contributed by atoms with E-state index in [0.717, 1.165) is 17.8 Å². The van der Waals surface area contributed by atoms with Gasteiger partial charge in [-0.2, -0.15) is 13.2 Å². The molecule has 1 atom stereocenters. The van der Waals surface area contributed by atoms with Gasteiger partial charge in [-0.05, 0) is 48.4 Å². The molecule has 1 saturated heterocycles. The highest BCUT2D eigenvalue weighted by Gasteiger charge is 2.33. The van der Waals surface area contributed by atoms with Crippen LogP contribution < -0.4 is 10.2 Å². The Morgan fingerprint density at radius 2 is 1.91 bits per heavy atom. The minimum Gasteiger partial charge on any atom is -0.378 e. The number of alkyl halides is 3. The van der Waals surface area contributed by atoms with Gasteiger partial charge in [0.15, 0.2) is 0 Å². The topological polar surface area (TPSA) is 93.4 Å². The van der Waals surface area contributed by atoms with Gasteiger partial charge in [0, 0.05) is 36.3 Å². The predicted octanol–water partition coefficient (Wildman–Crippen LogP) is 5.22. The van der Waals surface area contributed by atoms with Crippen LogP contribution in [0.3, 0.4) is 0 Å². The quantitative estimate of drug-likeness (QED) is 0.303. The third-order valence-corrected chi connectivity index (χ3v) is 5.53. The summed E-state index contributed by atoms with van der Waals surface area (Å²) in [5.74, 6) is 0.313. The number of aromatic nitrogens is 2. The largest absolute Gasteiger partial charge is 0.416 e. The summed E-state index contributed by atoms with van der Waals surface area (Å²) in [6.45, 7) is 4.23. The number of hydrogen-bond donors (Lipinski definition) is 1. The summed E-state index contributed by atoms with van der Waals surface area (Å²) in [6.07, 6.45) is -4.72. The van der Waals surface area contributed by atoms with Crippen molar-refractivity contribution in [3.05, 3.63) is 62.9 Å². The monoisotopic (exact) mass is 481 g/mol. The first kappa shape index (κ1) is 23.0. The van der Waals surface area contributed by atoms with Gasteiger partial charge in [0.25, 0.3) is 5.69 Å². The van der Waals surface area contributed by atoms with E-state index in [1.54, 1.807) is 13.0 Å². The van der Waals surface area contributed by atoms with E-state index in [1.165, 1.54) is 0 Å². The standard InChI is InChI=1S/C21H19ClF3N5O3/c1-12(13-8-14(21(23,24)25)10-16(9-13)30(31)32)26-19-17-11-15(29-4-6-33-7-5-29)2-3-18(17)27-20(22)28-19/h2-3,8-12H,4-7H2,1H3,(H,26,27,28)/t12-/m1/s1. The lowest BCUT2D eigenvalue weighted by molar-refractivity contribution is -0.385. The first-order valence-corrected chi connectivity index (χ1v) is 10.4. The molecule has 0 amide bonds. The molecule has 0 unspecified atom stereocenters. The van der Waals surface area contributed by atoms with Crippen LogP contribution in [0.4, 0.5) is 30.4 Å². The molecule has 4 rings (SSSR count). The molecule has 0 spiro atoms. The van der Waals surface area contributed by atoms with Crippen molar-refractivity contribution in [1.29, 1.82) is 0 Å². The minimum absolute atomic E-state index is 0.0358. The average molecular weight is 482 g/mol. The summed E-state index contributed by atoms with van der Waals surface area (Å²) in [5.41, 5.74) is -0.184. The fourth-order valence-corrected chi connectivity index (χ4v) is 3.83. The van der Waals surface area contributed by atoms with Crippen LogP contribution in [0, 0.1) is 10.1 Å². The highest BCUT2D eigenvalue weighted by molar-refractivity contribution is 6.28. The second-order valence-corrected chi connectivity index (χ2v) is 7.91. The molecule has 2 heterocycles. The van der Waals surface area contributed by atoms with Crippen molar-refractivity contribution in [2.24, 2.45) is 0 Å². The van der Waals surface area contributed by atoms with E-state index in [2.05, 4.69) is 20.2 Å². The summed E-state index contributed by atoms with van der Waals surface area (Å²) in [7, 11) is 0. The lowest BCUT2D eigenvalue weighted by Gasteiger charge is -2.29. The first-order valence-electron chi connectivity index (χ1n) is 10.0. The number of benzene rings is 2. The third kappa shape index (κ3) is 5.09. The van der Waals surface area contributed by atoms with Crippen molar-refractivity contribution in [2.75, 3.05) is 36.5 Å². The molecule has 0 aliphatic carbocycles. The van der Waals surface area contributed by atoms with E-state index in [1.807, 2.05) is 12.1 Å². The van der Waals surface area contributed by atoms with Crippen LogP contribution in [0.1, 0.15) is 24.1 Å². The minimum atomic E-state index is -4.72. The number of fused-ring (bicyclic) bond motifs is 1. The molecule has 0 bridgehead atoms. The predicted molar refractivity (Wildman–Crippen MR) is 118 cm³/mol. The van der Waals surface area contributed by atoms with Crippen LogP contribution in [0.5, 0.6) is 0 Å². The van der Waals surface area contributed by atoms with Crippen LogP contribution in [0.2, 0.25) is 5.28 Å². The maximum Gasteiger partial charge on any atom is 0.416 e. The van der Waals surface area contributed by atoms with Crippen molar-refractivity contribution in [1.82, 2.24) is 9.97 Å². The lowest BCUT2D eigenvalue weighted by atomic mass is 10.0.